The number of nitrogens with two attached hydrogens (primary N) is 1. The van der Waals surface area contributed by atoms with Crippen LogP contribution in [0.3, 0.4) is 0 Å². The number of fused-ring (bicyclic) bond motifs is 13. The van der Waals surface area contributed by atoms with E-state index in [2.05, 4.69) is 78.4 Å². The molecule has 4 aromatic carbocycles. The second-order valence-corrected chi connectivity index (χ2v) is 13.7. The maximum Gasteiger partial charge on any atom is 2.00 e. The molecule has 0 fully saturated rings. The molecule has 0 spiro atoms. The molecule has 0 aliphatic carbocycles. The van der Waals surface area contributed by atoms with Crippen LogP contribution in [0.4, 0.5) is 5.69 Å². The first kappa shape index (κ1) is 36.3. The van der Waals surface area contributed by atoms with E-state index in [0.29, 0.717) is 5.69 Å². The number of nitrogens with zero attached hydrogens (tertiary/aromatic N) is 8. The molecule has 0 radical (unpaired) electrons. The van der Waals surface area contributed by atoms with Gasteiger partial charge in [-0.15, -0.1) is 0 Å². The van der Waals surface area contributed by atoms with Crippen molar-refractivity contribution in [3.63, 3.8) is 0 Å². The molecule has 270 valence electrons. The van der Waals surface area contributed by atoms with Crippen molar-refractivity contribution < 1.29 is 19.5 Å². The summed E-state index contributed by atoms with van der Waals surface area (Å²) < 4.78 is 0. The van der Waals surface area contributed by atoms with E-state index < -0.39 is 0 Å². The van der Waals surface area contributed by atoms with Crippen LogP contribution < -0.4 is 5.73 Å². The fraction of sp³-hybridized carbons (Fsp3) is 0.0870. The number of pyridine rings is 6. The van der Waals surface area contributed by atoms with Gasteiger partial charge in [0, 0.05) is 73.2 Å². The molecule has 56 heavy (non-hydrogen) atoms. The van der Waals surface area contributed by atoms with Crippen LogP contribution in [0.1, 0.15) is 22.8 Å². The van der Waals surface area contributed by atoms with E-state index in [-0.39, 0.29) is 19.5 Å². The van der Waals surface area contributed by atoms with E-state index in [0.717, 1.165) is 110 Å². The minimum absolute atomic E-state index is 0. The molecule has 7 aromatic heterocycles. The van der Waals surface area contributed by atoms with Gasteiger partial charge < -0.3 is 5.73 Å². The van der Waals surface area contributed by atoms with Crippen LogP contribution in [0.2, 0.25) is 0 Å². The van der Waals surface area contributed by atoms with Crippen molar-refractivity contribution >= 4 is 93.2 Å². The SMILES string of the molecule is Cc1ccc2ccc3ccc(C)nc3c2n1.Cc1ccc2ccc3ccc(C)nc3c2n1.Nc1ccc2nc3c4cccnc4c4ncccc4c3nc2c1.[Ru+2]. The number of hydrogen-bond acceptors (Lipinski definition) is 9. The van der Waals surface area contributed by atoms with Crippen molar-refractivity contribution in [3.8, 4) is 0 Å². The standard InChI is InChI=1S/C18H11N5.2C14H12N2.Ru/c19-10-5-6-13-14(9-10)23-18-12-4-2-8-21-16(12)15-11(17(18)22-13)3-1-7-20-15;2*1-9-3-5-11-7-8-12-6-4-10(2)16-14(12)13(11)15-9;/h1-9H,19H2;2*3-8H,1-2H3;/q;;;+2. The van der Waals surface area contributed by atoms with Crippen LogP contribution >= 0.6 is 0 Å². The normalized spacial score (nSPS) is 11.1. The van der Waals surface area contributed by atoms with Crippen molar-refractivity contribution in [2.75, 3.05) is 5.73 Å². The average Bonchev–Trinajstić information content (AvgIpc) is 3.21. The minimum Gasteiger partial charge on any atom is -0.399 e. The van der Waals surface area contributed by atoms with Gasteiger partial charge in [0.2, 0.25) is 0 Å². The number of nitrogen functional groups attached to an aromatic ring is 1. The zero-order chi connectivity index (χ0) is 37.6. The van der Waals surface area contributed by atoms with Gasteiger partial charge in [-0.3, -0.25) is 29.9 Å². The minimum atomic E-state index is 0. The zero-order valence-electron chi connectivity index (χ0n) is 31.1. The number of aromatic nitrogens is 8. The van der Waals surface area contributed by atoms with Gasteiger partial charge in [0.25, 0.3) is 0 Å². The first-order chi connectivity index (χ1) is 26.8. The molecule has 7 heterocycles. The average molecular weight is 815 g/mol. The second-order valence-electron chi connectivity index (χ2n) is 13.7. The number of anilines is 1. The molecule has 9 nitrogen and oxygen atoms in total. The predicted octanol–water partition coefficient (Wildman–Crippen LogP) is 10.3. The first-order valence-corrected chi connectivity index (χ1v) is 18.0. The number of rotatable bonds is 0. The summed E-state index contributed by atoms with van der Waals surface area (Å²) in [5, 5.41) is 6.50. The number of aryl methyl sites for hydroxylation is 4. The Hall–Kier alpha value is -6.64. The molecule has 10 heteroatoms. The monoisotopic (exact) mass is 815 g/mol. The molecule has 0 aliphatic heterocycles. The van der Waals surface area contributed by atoms with E-state index >= 15 is 0 Å². The molecule has 0 saturated carbocycles. The Labute approximate surface area is 334 Å². The van der Waals surface area contributed by atoms with Crippen LogP contribution in [-0.2, 0) is 19.5 Å². The molecule has 0 saturated heterocycles. The number of benzene rings is 4. The summed E-state index contributed by atoms with van der Waals surface area (Å²) in [6, 6.07) is 38.3. The Kier molecular flexibility index (Phi) is 9.66. The van der Waals surface area contributed by atoms with Gasteiger partial charge in [0.15, 0.2) is 0 Å². The molecule has 11 aromatic rings. The number of hydrogen-bond donors (Lipinski definition) is 1. The molecule has 0 amide bonds. The zero-order valence-corrected chi connectivity index (χ0v) is 32.9. The third kappa shape index (κ3) is 6.80. The molecule has 0 unspecified atom stereocenters. The van der Waals surface area contributed by atoms with Crippen molar-refractivity contribution in [1.29, 1.82) is 0 Å². The third-order valence-electron chi connectivity index (χ3n) is 9.63. The summed E-state index contributed by atoms with van der Waals surface area (Å²) in [5.41, 5.74) is 19.6. The first-order valence-electron chi connectivity index (χ1n) is 18.0. The van der Waals surface area contributed by atoms with E-state index in [4.69, 9.17) is 15.7 Å². The molecular weight excluding hydrogens is 780 g/mol. The van der Waals surface area contributed by atoms with Crippen LogP contribution in [0, 0.1) is 27.7 Å². The molecule has 2 N–H and O–H groups in total. The van der Waals surface area contributed by atoms with E-state index in [1.54, 1.807) is 12.4 Å². The van der Waals surface area contributed by atoms with Crippen LogP contribution in [0.25, 0.3) is 87.5 Å². The Morgan fingerprint density at radius 2 is 0.714 bits per heavy atom. The maximum absolute atomic E-state index is 5.88. The van der Waals surface area contributed by atoms with E-state index in [9.17, 15) is 0 Å². The molecule has 11 rings (SSSR count). The molecule has 0 aliphatic rings. The van der Waals surface area contributed by atoms with Crippen LogP contribution in [0.15, 0.2) is 128 Å². The van der Waals surface area contributed by atoms with Gasteiger partial charge in [-0.05, 0) is 94.4 Å². The summed E-state index contributed by atoms with van der Waals surface area (Å²) >= 11 is 0. The van der Waals surface area contributed by atoms with Gasteiger partial charge in [-0.1, -0.05) is 48.5 Å². The van der Waals surface area contributed by atoms with Gasteiger partial charge >= 0.3 is 19.5 Å². The Balaban J connectivity index is 0.000000120. The van der Waals surface area contributed by atoms with Gasteiger partial charge in [-0.25, -0.2) is 9.97 Å². The van der Waals surface area contributed by atoms with Gasteiger partial charge in [0.1, 0.15) is 0 Å². The Bertz CT molecular complexity index is 3050. The summed E-state index contributed by atoms with van der Waals surface area (Å²) in [7, 11) is 0. The summed E-state index contributed by atoms with van der Waals surface area (Å²) in [4.78, 5) is 37.0. The van der Waals surface area contributed by atoms with Crippen molar-refractivity contribution in [3.05, 3.63) is 150 Å². The molecule has 0 atom stereocenters. The Morgan fingerprint density at radius 1 is 0.357 bits per heavy atom. The van der Waals surface area contributed by atoms with Crippen molar-refractivity contribution in [2.24, 2.45) is 0 Å². The fourth-order valence-corrected chi connectivity index (χ4v) is 6.94. The Morgan fingerprint density at radius 3 is 1.11 bits per heavy atom. The van der Waals surface area contributed by atoms with Crippen molar-refractivity contribution in [2.45, 2.75) is 27.7 Å². The smallest absolute Gasteiger partial charge is 0.399 e. The van der Waals surface area contributed by atoms with E-state index in [1.807, 2.05) is 94.4 Å². The van der Waals surface area contributed by atoms with Gasteiger partial charge in [-0.2, -0.15) is 0 Å². The fourth-order valence-electron chi connectivity index (χ4n) is 6.94. The predicted molar refractivity (Wildman–Crippen MR) is 225 cm³/mol. The van der Waals surface area contributed by atoms with Gasteiger partial charge in [0.05, 0.1) is 55.2 Å². The van der Waals surface area contributed by atoms with E-state index in [1.165, 1.54) is 0 Å². The summed E-state index contributed by atoms with van der Waals surface area (Å²) in [5.74, 6) is 0. The van der Waals surface area contributed by atoms with Crippen LogP contribution in [-0.4, -0.2) is 39.9 Å². The summed E-state index contributed by atoms with van der Waals surface area (Å²) in [6.45, 7) is 8.03. The topological polar surface area (TPSA) is 129 Å². The second kappa shape index (κ2) is 14.9. The van der Waals surface area contributed by atoms with Crippen LogP contribution in [0.5, 0.6) is 0 Å². The maximum atomic E-state index is 5.88. The molecular formula is C46H35N9Ru+2. The quantitative estimate of drug-likeness (QED) is 0.0688. The van der Waals surface area contributed by atoms with Crippen molar-refractivity contribution in [1.82, 2.24) is 39.9 Å². The summed E-state index contributed by atoms with van der Waals surface area (Å²) in [6.07, 6.45) is 3.55. The third-order valence-corrected chi connectivity index (χ3v) is 9.63. The largest absolute Gasteiger partial charge is 2.00 e. The molecule has 0 bridgehead atoms.